The lowest BCUT2D eigenvalue weighted by Crippen LogP contribution is -1.94. The van der Waals surface area contributed by atoms with Crippen LogP contribution in [-0.2, 0) is 4.79 Å². The van der Waals surface area contributed by atoms with Gasteiger partial charge in [0.2, 0.25) is 0 Å². The number of unbranched alkanes of at least 4 members (excludes halogenated alkanes) is 1. The molecule has 3 N–H and O–H groups in total. The lowest BCUT2D eigenvalue weighted by molar-refractivity contribution is -0.131. The topological polar surface area (TPSA) is 63.3 Å². The van der Waals surface area contributed by atoms with Crippen molar-refractivity contribution in [3.63, 3.8) is 0 Å². The van der Waals surface area contributed by atoms with Gasteiger partial charge in [0.25, 0.3) is 0 Å². The zero-order chi connectivity index (χ0) is 8.69. The maximum Gasteiger partial charge on any atom is 0.328 e. The summed E-state index contributed by atoms with van der Waals surface area (Å²) in [5.74, 6) is -0.974. The Kier molecular flexibility index (Phi) is 4.90. The minimum atomic E-state index is -0.974. The average molecular weight is 155 g/mol. The number of carboxylic acids is 1. The lowest BCUT2D eigenvalue weighted by atomic mass is 10.2. The lowest BCUT2D eigenvalue weighted by Gasteiger charge is -1.89. The second-order valence-corrected chi connectivity index (χ2v) is 2.16. The highest BCUT2D eigenvalue weighted by Gasteiger charge is 1.86. The van der Waals surface area contributed by atoms with Gasteiger partial charge in [-0.1, -0.05) is 19.4 Å². The first kappa shape index (κ1) is 9.75. The van der Waals surface area contributed by atoms with Crippen LogP contribution in [0.15, 0.2) is 23.9 Å². The predicted octanol–water partition coefficient (Wildman–Crippen LogP) is 1.27. The molecule has 3 heteroatoms. The fraction of sp³-hybridized carbons (Fsp3) is 0.375. The standard InChI is InChI=1S/C8H13NO2/c1-2-3-4-7(9)5-6-8(10)11/h4-6H,2-3,9H2,1H3,(H,10,11)/b6-5+,7-4-. The van der Waals surface area contributed by atoms with Crippen LogP contribution in [-0.4, -0.2) is 11.1 Å². The van der Waals surface area contributed by atoms with E-state index in [-0.39, 0.29) is 0 Å². The molecule has 0 fully saturated rings. The SMILES string of the molecule is CCC/C=C(N)/C=C/C(=O)O. The van der Waals surface area contributed by atoms with E-state index in [1.165, 1.54) is 6.08 Å². The van der Waals surface area contributed by atoms with E-state index in [2.05, 4.69) is 0 Å². The van der Waals surface area contributed by atoms with Crippen LogP contribution < -0.4 is 5.73 Å². The van der Waals surface area contributed by atoms with Crippen molar-refractivity contribution < 1.29 is 9.90 Å². The predicted molar refractivity (Wildman–Crippen MR) is 44.0 cm³/mol. The minimum Gasteiger partial charge on any atom is -0.478 e. The summed E-state index contributed by atoms with van der Waals surface area (Å²) in [4.78, 5) is 10.0. The molecule has 3 nitrogen and oxygen atoms in total. The molecule has 0 aromatic carbocycles. The van der Waals surface area contributed by atoms with Crippen molar-refractivity contribution >= 4 is 5.97 Å². The quantitative estimate of drug-likeness (QED) is 0.474. The molecular formula is C8H13NO2. The molecule has 0 bridgehead atoms. The van der Waals surface area contributed by atoms with Crippen molar-refractivity contribution in [3.8, 4) is 0 Å². The third kappa shape index (κ3) is 6.64. The van der Waals surface area contributed by atoms with Crippen molar-refractivity contribution in [1.82, 2.24) is 0 Å². The molecule has 0 aliphatic carbocycles. The Bertz CT molecular complexity index is 183. The van der Waals surface area contributed by atoms with Crippen LogP contribution >= 0.6 is 0 Å². The van der Waals surface area contributed by atoms with Crippen LogP contribution in [0.1, 0.15) is 19.8 Å². The van der Waals surface area contributed by atoms with Crippen LogP contribution in [0, 0.1) is 0 Å². The van der Waals surface area contributed by atoms with Gasteiger partial charge in [0.1, 0.15) is 0 Å². The third-order valence-electron chi connectivity index (χ3n) is 1.09. The van der Waals surface area contributed by atoms with Crippen molar-refractivity contribution in [2.75, 3.05) is 0 Å². The van der Waals surface area contributed by atoms with Crippen LogP contribution in [0.4, 0.5) is 0 Å². The molecule has 0 heterocycles. The summed E-state index contributed by atoms with van der Waals surface area (Å²) in [5, 5.41) is 8.22. The zero-order valence-electron chi connectivity index (χ0n) is 6.58. The van der Waals surface area contributed by atoms with Gasteiger partial charge in [-0.25, -0.2) is 4.79 Å². The number of nitrogens with two attached hydrogens (primary N) is 1. The summed E-state index contributed by atoms with van der Waals surface area (Å²) in [6.45, 7) is 2.03. The van der Waals surface area contributed by atoms with Crippen molar-refractivity contribution in [2.45, 2.75) is 19.8 Å². The number of carboxylic acid groups (broad SMARTS) is 1. The van der Waals surface area contributed by atoms with Crippen LogP contribution in [0.3, 0.4) is 0 Å². The third-order valence-corrected chi connectivity index (χ3v) is 1.09. The van der Waals surface area contributed by atoms with E-state index in [0.29, 0.717) is 5.70 Å². The van der Waals surface area contributed by atoms with Gasteiger partial charge in [-0.2, -0.15) is 0 Å². The van der Waals surface area contributed by atoms with Gasteiger partial charge in [0.05, 0.1) is 0 Å². The minimum absolute atomic E-state index is 0.509. The maximum absolute atomic E-state index is 10.0. The van der Waals surface area contributed by atoms with E-state index < -0.39 is 5.97 Å². The Hall–Kier alpha value is -1.25. The highest BCUT2D eigenvalue weighted by atomic mass is 16.4. The van der Waals surface area contributed by atoms with E-state index in [1.54, 1.807) is 6.08 Å². The largest absolute Gasteiger partial charge is 0.478 e. The second-order valence-electron chi connectivity index (χ2n) is 2.16. The number of allylic oxidation sites excluding steroid dienone is 2. The molecule has 0 spiro atoms. The molecule has 62 valence electrons. The molecule has 0 rings (SSSR count). The van der Waals surface area contributed by atoms with E-state index in [1.807, 2.05) is 6.92 Å². The Morgan fingerprint density at radius 2 is 2.18 bits per heavy atom. The summed E-state index contributed by atoms with van der Waals surface area (Å²) in [6.07, 6.45) is 6.12. The molecule has 0 atom stereocenters. The Morgan fingerprint density at radius 3 is 2.64 bits per heavy atom. The van der Waals surface area contributed by atoms with Crippen molar-refractivity contribution in [2.24, 2.45) is 5.73 Å². The zero-order valence-corrected chi connectivity index (χ0v) is 6.58. The van der Waals surface area contributed by atoms with Crippen molar-refractivity contribution in [3.05, 3.63) is 23.9 Å². The Morgan fingerprint density at radius 1 is 1.55 bits per heavy atom. The molecule has 0 aromatic rings. The monoisotopic (exact) mass is 155 g/mol. The fourth-order valence-electron chi connectivity index (χ4n) is 0.547. The normalized spacial score (nSPS) is 12.3. The van der Waals surface area contributed by atoms with Crippen LogP contribution in [0.5, 0.6) is 0 Å². The second kappa shape index (κ2) is 5.53. The van der Waals surface area contributed by atoms with E-state index >= 15 is 0 Å². The number of rotatable bonds is 4. The summed E-state index contributed by atoms with van der Waals surface area (Å²) >= 11 is 0. The van der Waals surface area contributed by atoms with Gasteiger partial charge in [0, 0.05) is 11.8 Å². The average Bonchev–Trinajstić information content (AvgIpc) is 1.97. The first-order chi connectivity index (χ1) is 5.16. The first-order valence-corrected chi connectivity index (χ1v) is 3.53. The molecule has 0 unspecified atom stereocenters. The molecule has 0 saturated heterocycles. The highest BCUT2D eigenvalue weighted by Crippen LogP contribution is 1.93. The molecule has 0 amide bonds. The Labute approximate surface area is 66.2 Å². The van der Waals surface area contributed by atoms with Crippen molar-refractivity contribution in [1.29, 1.82) is 0 Å². The number of carbonyl (C=O) groups is 1. The van der Waals surface area contributed by atoms with E-state index in [0.717, 1.165) is 18.9 Å². The fourth-order valence-corrected chi connectivity index (χ4v) is 0.547. The van der Waals surface area contributed by atoms with Crippen LogP contribution in [0.25, 0.3) is 0 Å². The molecule has 0 aromatic heterocycles. The van der Waals surface area contributed by atoms with Gasteiger partial charge in [0.15, 0.2) is 0 Å². The number of hydrogen-bond donors (Lipinski definition) is 2. The summed E-state index contributed by atoms with van der Waals surface area (Å²) in [7, 11) is 0. The molecule has 0 aliphatic rings. The van der Waals surface area contributed by atoms with E-state index in [4.69, 9.17) is 10.8 Å². The van der Waals surface area contributed by atoms with Gasteiger partial charge in [-0.3, -0.25) is 0 Å². The highest BCUT2D eigenvalue weighted by molar-refractivity contribution is 5.80. The molecule has 0 aliphatic heterocycles. The molecular weight excluding hydrogens is 142 g/mol. The number of aliphatic carboxylic acids is 1. The van der Waals surface area contributed by atoms with Gasteiger partial charge >= 0.3 is 5.97 Å². The molecule has 11 heavy (non-hydrogen) atoms. The van der Waals surface area contributed by atoms with Gasteiger partial charge in [-0.05, 0) is 12.5 Å². The van der Waals surface area contributed by atoms with Crippen LogP contribution in [0.2, 0.25) is 0 Å². The van der Waals surface area contributed by atoms with Gasteiger partial charge in [-0.15, -0.1) is 0 Å². The molecule has 0 radical (unpaired) electrons. The smallest absolute Gasteiger partial charge is 0.328 e. The maximum atomic E-state index is 10.0. The Balaban J connectivity index is 3.84. The summed E-state index contributed by atoms with van der Waals surface area (Å²) in [5.41, 5.74) is 5.93. The van der Waals surface area contributed by atoms with E-state index in [9.17, 15) is 4.79 Å². The summed E-state index contributed by atoms with van der Waals surface area (Å²) in [6, 6.07) is 0. The first-order valence-electron chi connectivity index (χ1n) is 3.53. The van der Waals surface area contributed by atoms with Gasteiger partial charge < -0.3 is 10.8 Å². The summed E-state index contributed by atoms with van der Waals surface area (Å²) < 4.78 is 0. The number of hydrogen-bond acceptors (Lipinski definition) is 2. The molecule has 0 saturated carbocycles.